The Morgan fingerprint density at radius 1 is 1.37 bits per heavy atom. The number of aromatic nitrogens is 2. The number of anilines is 1. The summed E-state index contributed by atoms with van der Waals surface area (Å²) in [4.78, 5) is 18.6. The van der Waals surface area contributed by atoms with Gasteiger partial charge in [-0.3, -0.25) is 15.1 Å². The summed E-state index contributed by atoms with van der Waals surface area (Å²) in [5.74, 6) is 0.244. The first-order chi connectivity index (χ1) is 9.06. The molecule has 2 aromatic rings. The monoisotopic (exact) mass is 322 g/mol. The van der Waals surface area contributed by atoms with Crippen molar-refractivity contribution in [3.63, 3.8) is 0 Å². The minimum absolute atomic E-state index is 0.0607. The highest BCUT2D eigenvalue weighted by Crippen LogP contribution is 2.25. The largest absolute Gasteiger partial charge is 0.360 e. The first-order valence-electron chi connectivity index (χ1n) is 5.51. The highest BCUT2D eigenvalue weighted by atomic mass is 79.9. The maximum atomic E-state index is 10.9. The molecule has 7 heteroatoms. The fourth-order valence-electron chi connectivity index (χ4n) is 1.49. The van der Waals surface area contributed by atoms with Crippen LogP contribution in [0.4, 0.5) is 11.5 Å². The predicted molar refractivity (Wildman–Crippen MR) is 74.9 cm³/mol. The summed E-state index contributed by atoms with van der Waals surface area (Å²) in [5.41, 5.74) is 1.80. The minimum Gasteiger partial charge on any atom is -0.360 e. The van der Waals surface area contributed by atoms with Crippen LogP contribution in [0.1, 0.15) is 11.3 Å². The summed E-state index contributed by atoms with van der Waals surface area (Å²) in [6.07, 6.45) is 3.25. The molecule has 0 unspecified atom stereocenters. The molecule has 0 aromatic carbocycles. The van der Waals surface area contributed by atoms with Crippen LogP contribution < -0.4 is 5.32 Å². The number of nitrogens with zero attached hydrogens (tertiary/aromatic N) is 3. The number of hydrogen-bond donors (Lipinski definition) is 1. The van der Waals surface area contributed by atoms with E-state index in [9.17, 15) is 10.1 Å². The fraction of sp³-hybridized carbons (Fsp3) is 0.167. The van der Waals surface area contributed by atoms with Gasteiger partial charge >= 0.3 is 5.69 Å². The van der Waals surface area contributed by atoms with E-state index in [2.05, 4.69) is 31.2 Å². The molecule has 0 fully saturated rings. The lowest BCUT2D eigenvalue weighted by atomic mass is 10.2. The smallest absolute Gasteiger partial charge is 0.312 e. The third kappa shape index (κ3) is 3.47. The van der Waals surface area contributed by atoms with Crippen molar-refractivity contribution in [1.29, 1.82) is 0 Å². The third-order valence-corrected chi connectivity index (χ3v) is 2.90. The first-order valence-corrected chi connectivity index (χ1v) is 6.31. The van der Waals surface area contributed by atoms with Crippen molar-refractivity contribution in [1.82, 2.24) is 9.97 Å². The molecule has 0 amide bonds. The molecule has 0 bridgehead atoms. The molecule has 0 aliphatic rings. The maximum Gasteiger partial charge on any atom is 0.312 e. The summed E-state index contributed by atoms with van der Waals surface area (Å²) < 4.78 is 0.571. The molecule has 1 N–H and O–H groups in total. The van der Waals surface area contributed by atoms with Gasteiger partial charge in [0.15, 0.2) is 0 Å². The quantitative estimate of drug-likeness (QED) is 0.691. The average Bonchev–Trinajstić information content (AvgIpc) is 2.39. The van der Waals surface area contributed by atoms with Crippen molar-refractivity contribution >= 4 is 27.4 Å². The zero-order chi connectivity index (χ0) is 13.8. The van der Waals surface area contributed by atoms with Crippen molar-refractivity contribution in [2.24, 2.45) is 0 Å². The first kappa shape index (κ1) is 13.4. The lowest BCUT2D eigenvalue weighted by Crippen LogP contribution is -2.05. The Labute approximate surface area is 118 Å². The lowest BCUT2D eigenvalue weighted by Gasteiger charge is -2.06. The number of pyridine rings is 2. The molecule has 0 saturated heterocycles. The van der Waals surface area contributed by atoms with E-state index < -0.39 is 4.92 Å². The molecule has 0 aliphatic heterocycles. The molecule has 0 saturated carbocycles. The van der Waals surface area contributed by atoms with Gasteiger partial charge in [0.25, 0.3) is 0 Å². The number of rotatable bonds is 4. The van der Waals surface area contributed by atoms with Gasteiger partial charge in [0.05, 0.1) is 4.92 Å². The third-order valence-electron chi connectivity index (χ3n) is 2.46. The van der Waals surface area contributed by atoms with Gasteiger partial charge in [0.1, 0.15) is 0 Å². The average molecular weight is 323 g/mol. The molecule has 2 heterocycles. The van der Waals surface area contributed by atoms with Gasteiger partial charge in [-0.25, -0.2) is 4.98 Å². The number of nitro groups is 1. The predicted octanol–water partition coefficient (Wildman–Crippen LogP) is 3.07. The molecule has 0 atom stereocenters. The molecule has 0 radical (unpaired) electrons. The summed E-state index contributed by atoms with van der Waals surface area (Å²) in [5, 5.41) is 13.9. The zero-order valence-electron chi connectivity index (χ0n) is 10.1. The van der Waals surface area contributed by atoms with Crippen molar-refractivity contribution in [3.8, 4) is 0 Å². The highest BCUT2D eigenvalue weighted by molar-refractivity contribution is 9.10. The second-order valence-electron chi connectivity index (χ2n) is 3.94. The van der Waals surface area contributed by atoms with Gasteiger partial charge in [-0.2, -0.15) is 0 Å². The van der Waals surface area contributed by atoms with Crippen molar-refractivity contribution in [2.75, 3.05) is 5.32 Å². The SMILES string of the molecule is Cc1ccc(CNc2ncc(Br)cc2[N+](=O)[O-])cn1. The van der Waals surface area contributed by atoms with E-state index in [1.54, 1.807) is 6.20 Å². The van der Waals surface area contributed by atoms with Crippen LogP contribution in [0.15, 0.2) is 35.1 Å². The van der Waals surface area contributed by atoms with Crippen LogP contribution in [0.3, 0.4) is 0 Å². The number of aryl methyl sites for hydroxylation is 1. The Morgan fingerprint density at radius 2 is 2.16 bits per heavy atom. The van der Waals surface area contributed by atoms with Gasteiger partial charge in [0.2, 0.25) is 5.82 Å². The van der Waals surface area contributed by atoms with E-state index >= 15 is 0 Å². The van der Waals surface area contributed by atoms with Gasteiger partial charge in [-0.15, -0.1) is 0 Å². The molecule has 98 valence electrons. The van der Waals surface area contributed by atoms with E-state index in [4.69, 9.17) is 0 Å². The van der Waals surface area contributed by atoms with Crippen LogP contribution in [-0.4, -0.2) is 14.9 Å². The molecule has 0 spiro atoms. The minimum atomic E-state index is -0.465. The number of nitrogens with one attached hydrogen (secondary N) is 1. The topological polar surface area (TPSA) is 81.0 Å². The van der Waals surface area contributed by atoms with E-state index in [0.717, 1.165) is 11.3 Å². The molecule has 0 aliphatic carbocycles. The van der Waals surface area contributed by atoms with Gasteiger partial charge in [-0.05, 0) is 34.5 Å². The second-order valence-corrected chi connectivity index (χ2v) is 4.86. The van der Waals surface area contributed by atoms with Crippen LogP contribution >= 0.6 is 15.9 Å². The molecule has 2 rings (SSSR count). The van der Waals surface area contributed by atoms with Crippen LogP contribution in [0.2, 0.25) is 0 Å². The Kier molecular flexibility index (Phi) is 4.06. The van der Waals surface area contributed by atoms with Gasteiger partial charge in [0, 0.05) is 35.2 Å². The van der Waals surface area contributed by atoms with Gasteiger partial charge in [-0.1, -0.05) is 6.07 Å². The summed E-state index contributed by atoms with van der Waals surface area (Å²) in [6, 6.07) is 5.23. The second kappa shape index (κ2) is 5.75. The van der Waals surface area contributed by atoms with E-state index in [-0.39, 0.29) is 11.5 Å². The van der Waals surface area contributed by atoms with Crippen molar-refractivity contribution < 1.29 is 4.92 Å². The zero-order valence-corrected chi connectivity index (χ0v) is 11.7. The molecule has 19 heavy (non-hydrogen) atoms. The van der Waals surface area contributed by atoms with Crippen LogP contribution in [0, 0.1) is 17.0 Å². The van der Waals surface area contributed by atoms with Crippen LogP contribution in [-0.2, 0) is 6.54 Å². The Hall–Kier alpha value is -2.02. The summed E-state index contributed by atoms with van der Waals surface area (Å²) >= 11 is 3.16. The normalized spacial score (nSPS) is 10.2. The standard InChI is InChI=1S/C12H11BrN4O2/c1-8-2-3-9(5-14-8)6-15-12-11(17(18)19)4-10(13)7-16-12/h2-5,7H,6H2,1H3,(H,15,16). The summed E-state index contributed by atoms with van der Waals surface area (Å²) in [7, 11) is 0. The molecular formula is C12H11BrN4O2. The maximum absolute atomic E-state index is 10.9. The van der Waals surface area contributed by atoms with Crippen molar-refractivity contribution in [2.45, 2.75) is 13.5 Å². The summed E-state index contributed by atoms with van der Waals surface area (Å²) in [6.45, 7) is 2.33. The van der Waals surface area contributed by atoms with Gasteiger partial charge < -0.3 is 5.32 Å². The van der Waals surface area contributed by atoms with E-state index in [1.165, 1.54) is 12.3 Å². The van der Waals surface area contributed by atoms with E-state index in [0.29, 0.717) is 11.0 Å². The highest BCUT2D eigenvalue weighted by Gasteiger charge is 2.15. The van der Waals surface area contributed by atoms with Crippen molar-refractivity contribution in [3.05, 3.63) is 56.4 Å². The molecular weight excluding hydrogens is 312 g/mol. The molecule has 2 aromatic heterocycles. The molecule has 6 nitrogen and oxygen atoms in total. The van der Waals surface area contributed by atoms with Crippen LogP contribution in [0.5, 0.6) is 0 Å². The fourth-order valence-corrected chi connectivity index (χ4v) is 1.81. The Morgan fingerprint density at radius 3 is 2.79 bits per heavy atom. The lowest BCUT2D eigenvalue weighted by molar-refractivity contribution is -0.384. The number of hydrogen-bond acceptors (Lipinski definition) is 5. The van der Waals surface area contributed by atoms with Crippen LogP contribution in [0.25, 0.3) is 0 Å². The Balaban J connectivity index is 2.15. The number of halogens is 1. The van der Waals surface area contributed by atoms with E-state index in [1.807, 2.05) is 19.1 Å². The Bertz CT molecular complexity index is 601.